The van der Waals surface area contributed by atoms with E-state index in [4.69, 9.17) is 0 Å². The summed E-state index contributed by atoms with van der Waals surface area (Å²) in [5, 5.41) is 3.20. The molecule has 1 aromatic rings. The number of hydrogen-bond donors (Lipinski definition) is 2. The summed E-state index contributed by atoms with van der Waals surface area (Å²) in [4.78, 5) is 4.07. The van der Waals surface area contributed by atoms with Gasteiger partial charge in [-0.3, -0.25) is 0 Å². The molecule has 0 atom stereocenters. The number of anilines is 1. The lowest BCUT2D eigenvalue weighted by atomic mass is 10.0. The van der Waals surface area contributed by atoms with E-state index < -0.39 is 10.0 Å². The number of sulfonamides is 1. The number of aromatic nitrogens is 1. The van der Waals surface area contributed by atoms with Crippen molar-refractivity contribution in [3.63, 3.8) is 0 Å². The average Bonchev–Trinajstić information content (AvgIpc) is 2.78. The molecule has 0 radical (unpaired) electrons. The van der Waals surface area contributed by atoms with Crippen molar-refractivity contribution in [2.75, 3.05) is 11.9 Å². The summed E-state index contributed by atoms with van der Waals surface area (Å²) >= 11 is 0. The molecule has 1 aromatic heterocycles. The quantitative estimate of drug-likeness (QED) is 0.847. The Hall–Kier alpha value is -1.14. The largest absolute Gasteiger partial charge is 0.383 e. The van der Waals surface area contributed by atoms with E-state index in [1.54, 1.807) is 12.1 Å². The number of nitrogens with one attached hydrogen (secondary N) is 2. The Bertz CT molecular complexity index is 610. The Morgan fingerprint density at radius 2 is 1.86 bits per heavy atom. The van der Waals surface area contributed by atoms with Gasteiger partial charge in [0.25, 0.3) is 10.0 Å². The minimum absolute atomic E-state index is 0.0497. The summed E-state index contributed by atoms with van der Waals surface area (Å²) in [5.74, 6) is 0. The predicted octanol–water partition coefficient (Wildman–Crippen LogP) is 2.62. The lowest BCUT2D eigenvalue weighted by Gasteiger charge is -2.12. The van der Waals surface area contributed by atoms with Crippen LogP contribution in [0.2, 0.25) is 0 Å². The monoisotopic (exact) mass is 311 g/mol. The van der Waals surface area contributed by atoms with Crippen LogP contribution in [0.4, 0.5) is 5.69 Å². The fourth-order valence-electron chi connectivity index (χ4n) is 2.70. The van der Waals surface area contributed by atoms with Gasteiger partial charge < -0.3 is 5.32 Å². The van der Waals surface area contributed by atoms with Gasteiger partial charge in [0.2, 0.25) is 0 Å². The summed E-state index contributed by atoms with van der Waals surface area (Å²) in [5.41, 5.74) is 0.459. The van der Waals surface area contributed by atoms with Gasteiger partial charge in [0.1, 0.15) is 0 Å². The molecule has 0 spiro atoms. The average molecular weight is 311 g/mol. The first-order valence-electron chi connectivity index (χ1n) is 7.36. The van der Waals surface area contributed by atoms with E-state index in [2.05, 4.69) is 42.7 Å². The number of nitrogens with zero attached hydrogens (tertiary/aromatic N) is 1. The van der Waals surface area contributed by atoms with Crippen molar-refractivity contribution in [1.29, 1.82) is 0 Å². The van der Waals surface area contributed by atoms with Gasteiger partial charge in [-0.25, -0.2) is 18.1 Å². The van der Waals surface area contributed by atoms with Crippen LogP contribution in [-0.4, -0.2) is 26.0 Å². The van der Waals surface area contributed by atoms with Crippen molar-refractivity contribution < 1.29 is 8.42 Å². The van der Waals surface area contributed by atoms with E-state index in [0.29, 0.717) is 12.2 Å². The van der Waals surface area contributed by atoms with E-state index in [9.17, 15) is 8.42 Å². The van der Waals surface area contributed by atoms with Crippen LogP contribution in [0.15, 0.2) is 23.4 Å². The molecule has 1 heterocycles. The first-order valence-corrected chi connectivity index (χ1v) is 8.84. The molecule has 0 aromatic carbocycles. The highest BCUT2D eigenvalue weighted by atomic mass is 32.2. The molecule has 1 saturated carbocycles. The maximum atomic E-state index is 12.6. The third-order valence-corrected chi connectivity index (χ3v) is 6.27. The van der Waals surface area contributed by atoms with E-state index in [1.807, 2.05) is 6.92 Å². The van der Waals surface area contributed by atoms with Crippen LogP contribution in [0.25, 0.3) is 0 Å². The molecule has 2 N–H and O–H groups in total. The van der Waals surface area contributed by atoms with Crippen LogP contribution in [-0.2, 0) is 10.0 Å². The molecular formula is C15H25N3O2S. The van der Waals surface area contributed by atoms with Gasteiger partial charge in [-0.15, -0.1) is 0 Å². The minimum atomic E-state index is -3.62. The molecule has 21 heavy (non-hydrogen) atoms. The smallest absolute Gasteiger partial charge is 0.260 e. The molecule has 118 valence electrons. The maximum absolute atomic E-state index is 12.6. The molecule has 1 fully saturated rings. The van der Waals surface area contributed by atoms with Gasteiger partial charge >= 0.3 is 0 Å². The molecule has 0 bridgehead atoms. The first kappa shape index (κ1) is 16.2. The lowest BCUT2D eigenvalue weighted by molar-refractivity contribution is 0.457. The molecule has 1 aliphatic rings. The van der Waals surface area contributed by atoms with E-state index in [0.717, 1.165) is 6.42 Å². The first-order chi connectivity index (χ1) is 9.64. The molecule has 5 nitrogen and oxygen atoms in total. The molecule has 0 aliphatic heterocycles. The van der Waals surface area contributed by atoms with Crippen LogP contribution in [0.5, 0.6) is 0 Å². The normalized spacial score (nSPS) is 20.2. The molecule has 6 heteroatoms. The van der Waals surface area contributed by atoms with Gasteiger partial charge in [0.05, 0.1) is 5.69 Å². The SMILES string of the molecule is CCCNc1cccnc1S(=O)(=O)NC1C(C)(C)C1(C)C. The standard InChI is InChI=1S/C15H25N3O2S/c1-6-9-16-11-8-7-10-17-12(11)21(19,20)18-13-14(2,3)15(13,4)5/h7-8,10,13,16,18H,6,9H2,1-5H3. The second-order valence-electron chi connectivity index (χ2n) is 6.78. The molecule has 0 unspecified atom stereocenters. The second kappa shape index (κ2) is 5.25. The maximum Gasteiger partial charge on any atom is 0.260 e. The fraction of sp³-hybridized carbons (Fsp3) is 0.667. The lowest BCUT2D eigenvalue weighted by Crippen LogP contribution is -2.31. The van der Waals surface area contributed by atoms with Crippen LogP contribution >= 0.6 is 0 Å². The van der Waals surface area contributed by atoms with E-state index >= 15 is 0 Å². The Kier molecular flexibility index (Phi) is 4.06. The number of rotatable bonds is 6. The molecular weight excluding hydrogens is 286 g/mol. The van der Waals surface area contributed by atoms with Crippen LogP contribution in [0, 0.1) is 10.8 Å². The second-order valence-corrected chi connectivity index (χ2v) is 8.41. The van der Waals surface area contributed by atoms with Gasteiger partial charge in [-0.1, -0.05) is 34.6 Å². The Morgan fingerprint density at radius 3 is 2.38 bits per heavy atom. The summed E-state index contributed by atoms with van der Waals surface area (Å²) in [7, 11) is -3.62. The van der Waals surface area contributed by atoms with Crippen molar-refractivity contribution in [3.05, 3.63) is 18.3 Å². The number of hydrogen-bond acceptors (Lipinski definition) is 4. The van der Waals surface area contributed by atoms with Crippen molar-refractivity contribution in [3.8, 4) is 0 Å². The zero-order valence-corrected chi connectivity index (χ0v) is 14.2. The Labute approximate surface area is 127 Å². The summed E-state index contributed by atoms with van der Waals surface area (Å²) < 4.78 is 28.1. The molecule has 2 rings (SSSR count). The van der Waals surface area contributed by atoms with Crippen LogP contribution in [0.1, 0.15) is 41.0 Å². The zero-order valence-electron chi connectivity index (χ0n) is 13.4. The third-order valence-electron chi connectivity index (χ3n) is 4.88. The van der Waals surface area contributed by atoms with Crippen LogP contribution < -0.4 is 10.0 Å². The van der Waals surface area contributed by atoms with Crippen molar-refractivity contribution in [2.24, 2.45) is 10.8 Å². The summed E-state index contributed by atoms with van der Waals surface area (Å²) in [6.45, 7) is 11.1. The number of pyridine rings is 1. The Balaban J connectivity index is 2.25. The predicted molar refractivity (Wildman–Crippen MR) is 84.7 cm³/mol. The van der Waals surface area contributed by atoms with Crippen molar-refractivity contribution in [1.82, 2.24) is 9.71 Å². The topological polar surface area (TPSA) is 71.1 Å². The highest BCUT2D eigenvalue weighted by molar-refractivity contribution is 7.89. The molecule has 0 saturated heterocycles. The van der Waals surface area contributed by atoms with Gasteiger partial charge in [-0.2, -0.15) is 0 Å². The minimum Gasteiger partial charge on any atom is -0.383 e. The highest BCUT2D eigenvalue weighted by Crippen LogP contribution is 2.62. The molecule has 0 amide bonds. The summed E-state index contributed by atoms with van der Waals surface area (Å²) in [6.07, 6.45) is 2.43. The van der Waals surface area contributed by atoms with Crippen molar-refractivity contribution in [2.45, 2.75) is 52.1 Å². The van der Waals surface area contributed by atoms with E-state index in [-0.39, 0.29) is 21.9 Å². The molecule has 1 aliphatic carbocycles. The fourth-order valence-corrected chi connectivity index (χ4v) is 4.34. The third kappa shape index (κ3) is 2.79. The Morgan fingerprint density at radius 1 is 1.24 bits per heavy atom. The highest BCUT2D eigenvalue weighted by Gasteiger charge is 2.66. The van der Waals surface area contributed by atoms with Gasteiger partial charge in [0.15, 0.2) is 5.03 Å². The van der Waals surface area contributed by atoms with E-state index in [1.165, 1.54) is 6.20 Å². The summed E-state index contributed by atoms with van der Waals surface area (Å²) in [6, 6.07) is 3.42. The zero-order chi connectivity index (χ0) is 15.9. The van der Waals surface area contributed by atoms with Crippen LogP contribution in [0.3, 0.4) is 0 Å². The van der Waals surface area contributed by atoms with Gasteiger partial charge in [-0.05, 0) is 29.4 Å². The van der Waals surface area contributed by atoms with Gasteiger partial charge in [0, 0.05) is 18.8 Å². The van der Waals surface area contributed by atoms with Crippen molar-refractivity contribution >= 4 is 15.7 Å².